The van der Waals surface area contributed by atoms with Crippen molar-refractivity contribution in [3.8, 4) is 6.07 Å². The van der Waals surface area contributed by atoms with Gasteiger partial charge in [-0.3, -0.25) is 9.69 Å². The van der Waals surface area contributed by atoms with Crippen LogP contribution in [-0.4, -0.2) is 30.9 Å². The predicted octanol–water partition coefficient (Wildman–Crippen LogP) is 1.27. The number of hydrogen-bond acceptors (Lipinski definition) is 3. The summed E-state index contributed by atoms with van der Waals surface area (Å²) in [5, 5.41) is 11.3. The van der Waals surface area contributed by atoms with Gasteiger partial charge in [-0.25, -0.2) is 4.39 Å². The van der Waals surface area contributed by atoms with Gasteiger partial charge in [0.05, 0.1) is 18.2 Å². The largest absolute Gasteiger partial charge is 0.358 e. The highest BCUT2D eigenvalue weighted by molar-refractivity contribution is 5.77. The smallest absolute Gasteiger partial charge is 0.233 e. The highest BCUT2D eigenvalue weighted by Crippen LogP contribution is 2.12. The van der Waals surface area contributed by atoms with Crippen LogP contribution < -0.4 is 5.32 Å². The van der Waals surface area contributed by atoms with E-state index in [1.54, 1.807) is 11.9 Å². The van der Waals surface area contributed by atoms with Crippen LogP contribution in [0.5, 0.6) is 0 Å². The molecule has 0 saturated heterocycles. The summed E-state index contributed by atoms with van der Waals surface area (Å²) in [6.45, 7) is 3.05. The number of carbonyl (C=O) groups is 1. The summed E-state index contributed by atoms with van der Waals surface area (Å²) in [6, 6.07) is 6.21. The fourth-order valence-electron chi connectivity index (χ4n) is 1.57. The lowest BCUT2D eigenvalue weighted by molar-refractivity contribution is -0.121. The first-order valence-corrected chi connectivity index (χ1v) is 5.72. The highest BCUT2D eigenvalue weighted by atomic mass is 19.1. The van der Waals surface area contributed by atoms with Crippen molar-refractivity contribution in [2.45, 2.75) is 13.5 Å². The zero-order valence-electron chi connectivity index (χ0n) is 10.5. The minimum absolute atomic E-state index is 0.117. The Morgan fingerprint density at radius 2 is 2.28 bits per heavy atom. The van der Waals surface area contributed by atoms with E-state index in [4.69, 9.17) is 5.26 Å². The first kappa shape index (κ1) is 14.1. The summed E-state index contributed by atoms with van der Waals surface area (Å²) in [6.07, 6.45) is 0. The molecule has 1 amide bonds. The highest BCUT2D eigenvalue weighted by Gasteiger charge is 2.11. The number of amides is 1. The molecule has 96 valence electrons. The molecule has 0 fully saturated rings. The van der Waals surface area contributed by atoms with Gasteiger partial charge in [-0.1, -0.05) is 6.92 Å². The van der Waals surface area contributed by atoms with Gasteiger partial charge in [-0.05, 0) is 24.7 Å². The van der Waals surface area contributed by atoms with Crippen LogP contribution in [0.25, 0.3) is 0 Å². The second-order valence-electron chi connectivity index (χ2n) is 3.89. The third-order valence-electron chi connectivity index (χ3n) is 2.66. The molecule has 0 atom stereocenters. The van der Waals surface area contributed by atoms with Crippen molar-refractivity contribution in [2.75, 3.05) is 20.1 Å². The number of benzene rings is 1. The molecule has 0 heterocycles. The molecule has 0 unspecified atom stereocenters. The quantitative estimate of drug-likeness (QED) is 0.854. The number of hydrogen-bond donors (Lipinski definition) is 1. The number of likely N-dealkylation sites (N-methyl/N-ethyl adjacent to an activating group) is 2. The van der Waals surface area contributed by atoms with Crippen molar-refractivity contribution in [1.82, 2.24) is 10.2 Å². The van der Waals surface area contributed by atoms with Crippen molar-refractivity contribution in [2.24, 2.45) is 0 Å². The topological polar surface area (TPSA) is 56.1 Å². The van der Waals surface area contributed by atoms with Gasteiger partial charge in [0, 0.05) is 19.2 Å². The predicted molar refractivity (Wildman–Crippen MR) is 66.1 cm³/mol. The third kappa shape index (κ3) is 3.82. The average molecular weight is 249 g/mol. The summed E-state index contributed by atoms with van der Waals surface area (Å²) in [5.74, 6) is -0.474. The van der Waals surface area contributed by atoms with Gasteiger partial charge in [-0.15, -0.1) is 0 Å². The van der Waals surface area contributed by atoms with Crippen molar-refractivity contribution in [1.29, 1.82) is 5.26 Å². The van der Waals surface area contributed by atoms with E-state index < -0.39 is 0 Å². The van der Waals surface area contributed by atoms with Crippen LogP contribution in [0.1, 0.15) is 18.1 Å². The molecule has 1 aromatic carbocycles. The SMILES string of the molecule is CCN(CC(=O)NC)Cc1cc(C#N)ccc1F. The lowest BCUT2D eigenvalue weighted by Gasteiger charge is -2.19. The monoisotopic (exact) mass is 249 g/mol. The third-order valence-corrected chi connectivity index (χ3v) is 2.66. The molecule has 0 radical (unpaired) electrons. The van der Waals surface area contributed by atoms with Gasteiger partial charge in [0.15, 0.2) is 0 Å². The molecule has 0 aliphatic heterocycles. The van der Waals surface area contributed by atoms with Gasteiger partial charge in [0.2, 0.25) is 5.91 Å². The molecule has 0 aliphatic rings. The zero-order chi connectivity index (χ0) is 13.5. The molecule has 0 aromatic heterocycles. The van der Waals surface area contributed by atoms with Crippen molar-refractivity contribution >= 4 is 5.91 Å². The molecule has 1 N–H and O–H groups in total. The molecular weight excluding hydrogens is 233 g/mol. The first-order valence-electron chi connectivity index (χ1n) is 5.72. The number of nitriles is 1. The molecule has 0 spiro atoms. The maximum Gasteiger partial charge on any atom is 0.233 e. The normalized spacial score (nSPS) is 10.2. The van der Waals surface area contributed by atoms with Gasteiger partial charge in [0.25, 0.3) is 0 Å². The summed E-state index contributed by atoms with van der Waals surface area (Å²) < 4.78 is 13.6. The number of rotatable bonds is 5. The van der Waals surface area contributed by atoms with Gasteiger partial charge in [0.1, 0.15) is 5.82 Å². The van der Waals surface area contributed by atoms with Crippen LogP contribution >= 0.6 is 0 Å². The number of nitrogens with zero attached hydrogens (tertiary/aromatic N) is 2. The Balaban J connectivity index is 2.81. The number of nitrogens with one attached hydrogen (secondary N) is 1. The maximum absolute atomic E-state index is 13.6. The standard InChI is InChI=1S/C13H16FN3O/c1-3-17(9-13(18)16-2)8-11-6-10(7-15)4-5-12(11)14/h4-6H,3,8-9H2,1-2H3,(H,16,18). The Morgan fingerprint density at radius 1 is 1.56 bits per heavy atom. The van der Waals surface area contributed by atoms with Crippen LogP contribution in [0.4, 0.5) is 4.39 Å². The fourth-order valence-corrected chi connectivity index (χ4v) is 1.57. The van der Waals surface area contributed by atoms with Gasteiger partial charge >= 0.3 is 0 Å². The molecular formula is C13H16FN3O. The Kier molecular flexibility index (Phi) is 5.28. The Labute approximate surface area is 106 Å². The van der Waals surface area contributed by atoms with Crippen LogP contribution in [0, 0.1) is 17.1 Å². The molecule has 0 aliphatic carbocycles. The Bertz CT molecular complexity index is 468. The molecule has 5 heteroatoms. The summed E-state index contributed by atoms with van der Waals surface area (Å²) >= 11 is 0. The Morgan fingerprint density at radius 3 is 2.83 bits per heavy atom. The van der Waals surface area contributed by atoms with Crippen molar-refractivity contribution in [3.63, 3.8) is 0 Å². The van der Waals surface area contributed by atoms with E-state index in [-0.39, 0.29) is 18.3 Å². The second-order valence-corrected chi connectivity index (χ2v) is 3.89. The van der Waals surface area contributed by atoms with Crippen LogP contribution in [0.3, 0.4) is 0 Å². The summed E-state index contributed by atoms with van der Waals surface area (Å²) in [4.78, 5) is 13.1. The van der Waals surface area contributed by atoms with E-state index in [0.29, 0.717) is 24.2 Å². The minimum Gasteiger partial charge on any atom is -0.358 e. The molecule has 0 saturated carbocycles. The molecule has 18 heavy (non-hydrogen) atoms. The minimum atomic E-state index is -0.357. The van der Waals surface area contributed by atoms with Gasteiger partial charge < -0.3 is 5.32 Å². The second kappa shape index (κ2) is 6.72. The lowest BCUT2D eigenvalue weighted by Crippen LogP contribution is -2.35. The molecule has 1 aromatic rings. The van der Waals surface area contributed by atoms with Crippen LogP contribution in [-0.2, 0) is 11.3 Å². The average Bonchev–Trinajstić information content (AvgIpc) is 2.39. The maximum atomic E-state index is 13.6. The number of carbonyl (C=O) groups excluding carboxylic acids is 1. The summed E-state index contributed by atoms with van der Waals surface area (Å²) in [7, 11) is 1.56. The molecule has 4 nitrogen and oxygen atoms in total. The number of halogens is 1. The van der Waals surface area contributed by atoms with E-state index in [1.807, 2.05) is 13.0 Å². The fraction of sp³-hybridized carbons (Fsp3) is 0.385. The Hall–Kier alpha value is -1.93. The molecule has 0 bridgehead atoms. The summed E-state index contributed by atoms with van der Waals surface area (Å²) in [5.41, 5.74) is 0.849. The molecule has 1 rings (SSSR count). The van der Waals surface area contributed by atoms with Crippen LogP contribution in [0.15, 0.2) is 18.2 Å². The van der Waals surface area contributed by atoms with E-state index in [0.717, 1.165) is 0 Å². The van der Waals surface area contributed by atoms with E-state index in [9.17, 15) is 9.18 Å². The van der Waals surface area contributed by atoms with E-state index >= 15 is 0 Å². The van der Waals surface area contributed by atoms with E-state index in [1.165, 1.54) is 18.2 Å². The first-order chi connectivity index (χ1) is 8.60. The van der Waals surface area contributed by atoms with Crippen LogP contribution in [0.2, 0.25) is 0 Å². The lowest BCUT2D eigenvalue weighted by atomic mass is 10.1. The van der Waals surface area contributed by atoms with Gasteiger partial charge in [-0.2, -0.15) is 5.26 Å². The van der Waals surface area contributed by atoms with Crippen molar-refractivity contribution < 1.29 is 9.18 Å². The van der Waals surface area contributed by atoms with Crippen molar-refractivity contribution in [3.05, 3.63) is 35.1 Å². The zero-order valence-corrected chi connectivity index (χ0v) is 10.5. The van der Waals surface area contributed by atoms with E-state index in [2.05, 4.69) is 5.32 Å².